The molecule has 1 fully saturated rings. The highest BCUT2D eigenvalue weighted by Crippen LogP contribution is 2.30. The number of nitrogens with two attached hydrogens (primary N) is 1. The Labute approximate surface area is 129 Å². The molecular formula is C12H14N4O3S2. The zero-order chi connectivity index (χ0) is 14.8. The van der Waals surface area contributed by atoms with Crippen molar-refractivity contribution in [2.24, 2.45) is 0 Å². The van der Waals surface area contributed by atoms with Crippen molar-refractivity contribution in [3.05, 3.63) is 27.7 Å². The molecule has 1 atom stereocenters. The van der Waals surface area contributed by atoms with Gasteiger partial charge in [-0.1, -0.05) is 11.8 Å². The number of carboxylic acid groups (broad SMARTS) is 1. The summed E-state index contributed by atoms with van der Waals surface area (Å²) >= 11 is 2.69. The van der Waals surface area contributed by atoms with Crippen LogP contribution in [0.25, 0.3) is 0 Å². The van der Waals surface area contributed by atoms with Crippen LogP contribution in [0.15, 0.2) is 17.3 Å². The summed E-state index contributed by atoms with van der Waals surface area (Å²) in [7, 11) is 0. The third kappa shape index (κ3) is 3.04. The molecule has 1 aliphatic rings. The lowest BCUT2D eigenvalue weighted by Crippen LogP contribution is -2.16. The van der Waals surface area contributed by atoms with Gasteiger partial charge in [-0.15, -0.1) is 21.5 Å². The molecule has 1 unspecified atom stereocenters. The molecule has 3 heterocycles. The number of rotatable bonds is 5. The highest BCUT2D eigenvalue weighted by Gasteiger charge is 2.24. The Morgan fingerprint density at radius 2 is 2.43 bits per heavy atom. The highest BCUT2D eigenvalue weighted by molar-refractivity contribution is 7.98. The zero-order valence-electron chi connectivity index (χ0n) is 11.1. The van der Waals surface area contributed by atoms with Gasteiger partial charge >= 0.3 is 5.97 Å². The first-order chi connectivity index (χ1) is 10.1. The number of nitrogen functional groups attached to an aromatic ring is 1. The Balaban J connectivity index is 1.66. The molecule has 112 valence electrons. The van der Waals surface area contributed by atoms with E-state index in [0.717, 1.165) is 24.3 Å². The third-order valence-corrected chi connectivity index (χ3v) is 5.37. The van der Waals surface area contributed by atoms with Gasteiger partial charge in [0, 0.05) is 17.2 Å². The molecule has 0 bridgehead atoms. The second kappa shape index (κ2) is 6.04. The van der Waals surface area contributed by atoms with Crippen LogP contribution >= 0.6 is 23.1 Å². The maximum absolute atomic E-state index is 10.8. The van der Waals surface area contributed by atoms with Crippen LogP contribution in [0.4, 0.5) is 0 Å². The van der Waals surface area contributed by atoms with Gasteiger partial charge in [0.15, 0.2) is 5.82 Å². The van der Waals surface area contributed by atoms with Crippen molar-refractivity contribution in [3.63, 3.8) is 0 Å². The van der Waals surface area contributed by atoms with E-state index in [2.05, 4.69) is 10.2 Å². The number of carboxylic acids is 1. The molecule has 21 heavy (non-hydrogen) atoms. The van der Waals surface area contributed by atoms with Gasteiger partial charge in [0.1, 0.15) is 11.0 Å². The standard InChI is InChI=1S/C12H14N4O3S2/c13-16-10(8-2-1-5-19-8)14-15-12(16)20-6-7-3-4-9(21-7)11(17)18/h3-4,8H,1-2,5-6,13H2,(H,17,18). The van der Waals surface area contributed by atoms with E-state index in [4.69, 9.17) is 15.7 Å². The van der Waals surface area contributed by atoms with E-state index in [9.17, 15) is 4.79 Å². The molecule has 1 saturated heterocycles. The quantitative estimate of drug-likeness (QED) is 0.639. The van der Waals surface area contributed by atoms with Crippen LogP contribution in [0.1, 0.15) is 39.3 Å². The summed E-state index contributed by atoms with van der Waals surface area (Å²) in [6, 6.07) is 3.41. The van der Waals surface area contributed by atoms with Crippen molar-refractivity contribution in [1.29, 1.82) is 0 Å². The van der Waals surface area contributed by atoms with E-state index < -0.39 is 5.97 Å². The summed E-state index contributed by atoms with van der Waals surface area (Å²) in [4.78, 5) is 12.1. The largest absolute Gasteiger partial charge is 0.477 e. The number of ether oxygens (including phenoxy) is 1. The first-order valence-corrected chi connectivity index (χ1v) is 8.22. The van der Waals surface area contributed by atoms with Gasteiger partial charge in [-0.2, -0.15) is 0 Å². The van der Waals surface area contributed by atoms with E-state index in [1.54, 1.807) is 12.1 Å². The predicted molar refractivity (Wildman–Crippen MR) is 78.9 cm³/mol. The summed E-state index contributed by atoms with van der Waals surface area (Å²) in [5.74, 6) is 6.35. The minimum absolute atomic E-state index is 0.0720. The number of hydrogen-bond donors (Lipinski definition) is 2. The van der Waals surface area contributed by atoms with E-state index >= 15 is 0 Å². The Morgan fingerprint density at radius 3 is 3.10 bits per heavy atom. The van der Waals surface area contributed by atoms with Gasteiger partial charge in [-0.05, 0) is 25.0 Å². The van der Waals surface area contributed by atoms with Gasteiger partial charge in [0.05, 0.1) is 0 Å². The van der Waals surface area contributed by atoms with Crippen LogP contribution in [0.2, 0.25) is 0 Å². The zero-order valence-corrected chi connectivity index (χ0v) is 12.7. The van der Waals surface area contributed by atoms with Crippen LogP contribution in [-0.2, 0) is 10.5 Å². The number of thioether (sulfide) groups is 1. The molecule has 0 aromatic carbocycles. The van der Waals surface area contributed by atoms with E-state index in [-0.39, 0.29) is 6.10 Å². The van der Waals surface area contributed by atoms with E-state index in [0.29, 0.717) is 21.6 Å². The molecule has 0 aliphatic carbocycles. The lowest BCUT2D eigenvalue weighted by Gasteiger charge is -2.08. The van der Waals surface area contributed by atoms with Crippen molar-refractivity contribution in [2.75, 3.05) is 12.4 Å². The summed E-state index contributed by atoms with van der Waals surface area (Å²) in [5, 5.41) is 17.7. The SMILES string of the molecule is Nn1c(SCc2ccc(C(=O)O)s2)nnc1C1CCCO1. The maximum atomic E-state index is 10.8. The molecule has 0 spiro atoms. The first kappa shape index (κ1) is 14.4. The topological polar surface area (TPSA) is 103 Å². The van der Waals surface area contributed by atoms with Gasteiger partial charge in [0.25, 0.3) is 0 Å². The van der Waals surface area contributed by atoms with Crippen LogP contribution in [-0.4, -0.2) is 32.6 Å². The number of aromatic nitrogens is 3. The Hall–Kier alpha value is -1.58. The lowest BCUT2D eigenvalue weighted by atomic mass is 10.2. The molecule has 9 heteroatoms. The minimum atomic E-state index is -0.904. The molecule has 0 amide bonds. The molecule has 3 N–H and O–H groups in total. The summed E-state index contributed by atoms with van der Waals surface area (Å²) in [6.07, 6.45) is 1.84. The first-order valence-electron chi connectivity index (χ1n) is 6.42. The molecule has 2 aromatic rings. The van der Waals surface area contributed by atoms with Crippen molar-refractivity contribution < 1.29 is 14.6 Å². The fourth-order valence-corrected chi connectivity index (χ4v) is 3.85. The van der Waals surface area contributed by atoms with E-state index in [1.165, 1.54) is 27.8 Å². The fourth-order valence-electron chi connectivity index (χ4n) is 2.09. The van der Waals surface area contributed by atoms with Crippen molar-refractivity contribution in [3.8, 4) is 0 Å². The maximum Gasteiger partial charge on any atom is 0.345 e. The Morgan fingerprint density at radius 1 is 1.57 bits per heavy atom. The monoisotopic (exact) mass is 326 g/mol. The van der Waals surface area contributed by atoms with Gasteiger partial charge in [-0.3, -0.25) is 0 Å². The van der Waals surface area contributed by atoms with Crippen molar-refractivity contribution >= 4 is 29.1 Å². The van der Waals surface area contributed by atoms with Crippen LogP contribution in [0.3, 0.4) is 0 Å². The second-order valence-corrected chi connectivity index (χ2v) is 6.68. The summed E-state index contributed by atoms with van der Waals surface area (Å²) in [6.45, 7) is 0.729. The average Bonchev–Trinajstić information content (AvgIpc) is 3.17. The predicted octanol–water partition coefficient (Wildman–Crippen LogP) is 1.90. The van der Waals surface area contributed by atoms with Crippen molar-refractivity contribution in [1.82, 2.24) is 14.9 Å². The molecule has 7 nitrogen and oxygen atoms in total. The third-order valence-electron chi connectivity index (χ3n) is 3.12. The van der Waals surface area contributed by atoms with Crippen LogP contribution in [0, 0.1) is 0 Å². The minimum Gasteiger partial charge on any atom is -0.477 e. The Kier molecular flexibility index (Phi) is 4.13. The number of hydrogen-bond acceptors (Lipinski definition) is 7. The molecule has 0 radical (unpaired) electrons. The summed E-state index contributed by atoms with van der Waals surface area (Å²) < 4.78 is 7.01. The van der Waals surface area contributed by atoms with Gasteiger partial charge in [0.2, 0.25) is 5.16 Å². The number of nitrogens with zero attached hydrogens (tertiary/aromatic N) is 3. The summed E-state index contributed by atoms with van der Waals surface area (Å²) in [5.41, 5.74) is 0. The van der Waals surface area contributed by atoms with Gasteiger partial charge in [-0.25, -0.2) is 9.47 Å². The molecular weight excluding hydrogens is 312 g/mol. The number of carbonyl (C=O) groups is 1. The van der Waals surface area contributed by atoms with Crippen LogP contribution in [0.5, 0.6) is 0 Å². The molecule has 2 aromatic heterocycles. The Bertz CT molecular complexity index is 649. The smallest absolute Gasteiger partial charge is 0.345 e. The highest BCUT2D eigenvalue weighted by atomic mass is 32.2. The van der Waals surface area contributed by atoms with Crippen molar-refractivity contribution in [2.45, 2.75) is 29.9 Å². The molecule has 0 saturated carbocycles. The number of thiophene rings is 1. The molecule has 3 rings (SSSR count). The lowest BCUT2D eigenvalue weighted by molar-refractivity contribution is 0.0702. The molecule has 1 aliphatic heterocycles. The van der Waals surface area contributed by atoms with Gasteiger partial charge < -0.3 is 15.7 Å². The normalized spacial score (nSPS) is 18.2. The van der Waals surface area contributed by atoms with E-state index in [1.807, 2.05) is 0 Å². The van der Waals surface area contributed by atoms with Crippen LogP contribution < -0.4 is 5.84 Å². The fraction of sp³-hybridized carbons (Fsp3) is 0.417. The number of aromatic carboxylic acids is 1. The second-order valence-electron chi connectivity index (χ2n) is 4.57. The average molecular weight is 326 g/mol.